The molecule has 0 spiro atoms. The van der Waals surface area contributed by atoms with Crippen molar-refractivity contribution in [3.05, 3.63) is 192 Å². The number of imidazole rings is 1. The van der Waals surface area contributed by atoms with Crippen LogP contribution in [0, 0.1) is 6.85 Å². The molecule has 4 heteroatoms. The van der Waals surface area contributed by atoms with E-state index in [0.717, 1.165) is 50.1 Å². The number of para-hydroxylation sites is 1. The molecular weight excluding hydrogens is 839 g/mol. The van der Waals surface area contributed by atoms with E-state index in [9.17, 15) is 5.11 Å². The monoisotopic (exact) mass is 914 g/mol. The Morgan fingerprint density at radius 3 is 1.80 bits per heavy atom. The van der Waals surface area contributed by atoms with Crippen LogP contribution in [0.15, 0.2) is 164 Å². The maximum Gasteiger partial charge on any atom is 0.149 e. The number of fused-ring (bicyclic) bond motifs is 1. The van der Waals surface area contributed by atoms with Crippen LogP contribution in [0.2, 0.25) is 0 Å². The Morgan fingerprint density at radius 1 is 0.493 bits per heavy atom. The molecule has 0 amide bonds. The van der Waals surface area contributed by atoms with Gasteiger partial charge < -0.3 is 5.11 Å². The highest BCUT2D eigenvalue weighted by Crippen LogP contribution is 2.47. The van der Waals surface area contributed by atoms with E-state index in [4.69, 9.17) is 20.9 Å². The van der Waals surface area contributed by atoms with Crippen molar-refractivity contribution < 1.29 is 16.1 Å². The molecule has 1 N–H and O–H groups in total. The minimum Gasteiger partial charge on any atom is -0.507 e. The summed E-state index contributed by atoms with van der Waals surface area (Å²) in [5.41, 5.74) is 11.6. The van der Waals surface area contributed by atoms with Gasteiger partial charge in [-0.3, -0.25) is 9.55 Å². The predicted molar refractivity (Wildman–Crippen MR) is 293 cm³/mol. The van der Waals surface area contributed by atoms with E-state index >= 15 is 0 Å². The third-order valence-electron chi connectivity index (χ3n) is 13.2. The van der Waals surface area contributed by atoms with E-state index in [1.807, 2.05) is 72.8 Å². The van der Waals surface area contributed by atoms with Gasteiger partial charge in [-0.2, -0.15) is 0 Å². The summed E-state index contributed by atoms with van der Waals surface area (Å²) in [7, 11) is 0. The molecule has 0 unspecified atom stereocenters. The molecule has 9 rings (SSSR count). The number of phenols is 1. The number of pyridine rings is 1. The quantitative estimate of drug-likeness (QED) is 0.173. The number of hydrogen-bond acceptors (Lipinski definition) is 3. The second kappa shape index (κ2) is 17.5. The number of rotatable bonds is 7. The molecule has 0 aliphatic heterocycles. The first-order valence-electron chi connectivity index (χ1n) is 27.8. The first-order chi connectivity index (χ1) is 35.8. The van der Waals surface area contributed by atoms with E-state index < -0.39 is 30.4 Å². The summed E-state index contributed by atoms with van der Waals surface area (Å²) in [6, 6.07) is 39.8. The van der Waals surface area contributed by atoms with Crippen LogP contribution in [0.25, 0.3) is 83.9 Å². The van der Waals surface area contributed by atoms with Gasteiger partial charge in [0.15, 0.2) is 0 Å². The van der Waals surface area contributed by atoms with Gasteiger partial charge in [0.05, 0.1) is 34.8 Å². The lowest BCUT2D eigenvalue weighted by molar-refractivity contribution is 0.446. The SMILES string of the molecule is [2H]c1c([2H])c([2H])c(-c2ccnc(-c3cc(-c4cccc5c4nc(-c4cc(C(C)(C)C)cc(C(C)(C)C)c4O)n5-c4cc(-c5ccccc5)c(C([2H])([2H])[2H])cc4-c4ccc(C(C)(C)C)cc4)cc(C(C)(C)C)c3)c2)c([2H])c1[2H]. The van der Waals surface area contributed by atoms with Gasteiger partial charge in [0.2, 0.25) is 0 Å². The van der Waals surface area contributed by atoms with E-state index in [2.05, 4.69) is 130 Å². The standard InChI is InChI=1S/C65H67N3O/c1-41-33-53(44-27-29-48(30-28-44)62(2,3)4)58(40-52(41)43-23-18-15-19-24-43)68-57-26-20-25-51(59(57)67-61(68)54-38-50(64(8,9)10)39-55(60(54)69)65(11,12)13)46-34-47(36-49(35-46)63(5,6)7)56-37-45(31-32-66-56)42-21-16-14-17-22-42/h14-40,69H,1-13H3/i1D3,14D,16D,17D,21D,22D. The van der Waals surface area contributed by atoms with Gasteiger partial charge in [0, 0.05) is 32.6 Å². The third kappa shape index (κ3) is 9.30. The summed E-state index contributed by atoms with van der Waals surface area (Å²) in [4.78, 5) is 10.5. The first kappa shape index (κ1) is 37.9. The molecule has 0 radical (unpaired) electrons. The molecule has 0 saturated carbocycles. The van der Waals surface area contributed by atoms with E-state index in [-0.39, 0.29) is 45.2 Å². The Hall–Kier alpha value is -7.04. The fraction of sp³-hybridized carbons (Fsp3) is 0.262. The average molecular weight is 914 g/mol. The maximum atomic E-state index is 12.8. The number of aromatic hydroxyl groups is 1. The van der Waals surface area contributed by atoms with Crippen LogP contribution in [0.3, 0.4) is 0 Å². The van der Waals surface area contributed by atoms with Gasteiger partial charge >= 0.3 is 0 Å². The van der Waals surface area contributed by atoms with Crippen molar-refractivity contribution >= 4 is 11.0 Å². The van der Waals surface area contributed by atoms with Crippen molar-refractivity contribution in [1.82, 2.24) is 14.5 Å². The molecule has 2 aromatic heterocycles. The molecule has 2 heterocycles. The molecule has 0 atom stereocenters. The predicted octanol–water partition coefficient (Wildman–Crippen LogP) is 17.6. The minimum atomic E-state index is -2.49. The van der Waals surface area contributed by atoms with Gasteiger partial charge in [-0.15, -0.1) is 0 Å². The third-order valence-corrected chi connectivity index (χ3v) is 13.2. The van der Waals surface area contributed by atoms with Gasteiger partial charge in [-0.1, -0.05) is 192 Å². The van der Waals surface area contributed by atoms with Crippen LogP contribution in [0.4, 0.5) is 0 Å². The average Bonchev–Trinajstić information content (AvgIpc) is 3.83. The number of nitrogens with zero attached hydrogens (tertiary/aromatic N) is 3. The summed E-state index contributed by atoms with van der Waals surface area (Å²) in [5, 5.41) is 12.8. The van der Waals surface area contributed by atoms with Crippen molar-refractivity contribution in [3.63, 3.8) is 0 Å². The van der Waals surface area contributed by atoms with E-state index in [1.165, 1.54) is 0 Å². The summed E-state index contributed by atoms with van der Waals surface area (Å²) in [5.74, 6) is 0.569. The molecule has 348 valence electrons. The molecule has 0 aliphatic rings. The van der Waals surface area contributed by atoms with Crippen LogP contribution >= 0.6 is 0 Å². The van der Waals surface area contributed by atoms with E-state index in [1.54, 1.807) is 18.3 Å². The lowest BCUT2D eigenvalue weighted by Gasteiger charge is -2.28. The van der Waals surface area contributed by atoms with Crippen LogP contribution < -0.4 is 0 Å². The highest BCUT2D eigenvalue weighted by Gasteiger charge is 2.30. The number of aromatic nitrogens is 3. The Kier molecular flexibility index (Phi) is 9.60. The molecular formula is C65H67N3O. The van der Waals surface area contributed by atoms with Crippen LogP contribution in [-0.4, -0.2) is 19.6 Å². The Morgan fingerprint density at radius 2 is 1.14 bits per heavy atom. The summed E-state index contributed by atoms with van der Waals surface area (Å²) in [6.45, 7) is 23.2. The Balaban J connectivity index is 1.41. The highest BCUT2D eigenvalue weighted by molar-refractivity contribution is 5.98. The first-order valence-corrected chi connectivity index (χ1v) is 23.8. The van der Waals surface area contributed by atoms with Crippen molar-refractivity contribution in [3.8, 4) is 78.6 Å². The minimum absolute atomic E-state index is 0.0925. The second-order valence-electron chi connectivity index (χ2n) is 22.5. The van der Waals surface area contributed by atoms with Crippen molar-refractivity contribution in [2.24, 2.45) is 0 Å². The lowest BCUT2D eigenvalue weighted by atomic mass is 9.79. The number of hydrogen-bond donors (Lipinski definition) is 1. The van der Waals surface area contributed by atoms with Gasteiger partial charge in [0.1, 0.15) is 11.6 Å². The molecule has 0 fully saturated rings. The van der Waals surface area contributed by atoms with Crippen molar-refractivity contribution in [2.45, 2.75) is 112 Å². The van der Waals surface area contributed by atoms with Crippen LogP contribution in [0.5, 0.6) is 5.75 Å². The largest absolute Gasteiger partial charge is 0.507 e. The fourth-order valence-corrected chi connectivity index (χ4v) is 9.08. The number of aryl methyl sites for hydroxylation is 1. The normalized spacial score (nSPS) is 14.3. The molecule has 0 saturated heterocycles. The number of benzene rings is 7. The molecule has 69 heavy (non-hydrogen) atoms. The highest BCUT2D eigenvalue weighted by atomic mass is 16.3. The maximum absolute atomic E-state index is 12.8. The molecule has 9 aromatic rings. The zero-order valence-corrected chi connectivity index (χ0v) is 42.0. The van der Waals surface area contributed by atoms with Crippen molar-refractivity contribution in [2.75, 3.05) is 0 Å². The van der Waals surface area contributed by atoms with Crippen LogP contribution in [-0.2, 0) is 21.7 Å². The van der Waals surface area contributed by atoms with Gasteiger partial charge in [-0.05, 0) is 133 Å². The van der Waals surface area contributed by atoms with E-state index in [0.29, 0.717) is 50.5 Å². The molecule has 0 bridgehead atoms. The Bertz CT molecular complexity index is 3740. The second-order valence-corrected chi connectivity index (χ2v) is 22.5. The zero-order chi connectivity index (χ0) is 56.1. The molecule has 7 aromatic carbocycles. The van der Waals surface area contributed by atoms with Gasteiger partial charge in [0.25, 0.3) is 0 Å². The Labute approximate surface area is 422 Å². The summed E-state index contributed by atoms with van der Waals surface area (Å²) >= 11 is 0. The van der Waals surface area contributed by atoms with Crippen molar-refractivity contribution in [1.29, 1.82) is 0 Å². The zero-order valence-electron chi connectivity index (χ0n) is 50.0. The topological polar surface area (TPSA) is 50.9 Å². The van der Waals surface area contributed by atoms with Crippen LogP contribution in [0.1, 0.15) is 122 Å². The fourth-order valence-electron chi connectivity index (χ4n) is 9.08. The summed E-state index contributed by atoms with van der Waals surface area (Å²) < 4.78 is 71.6. The molecule has 4 nitrogen and oxygen atoms in total. The smallest absolute Gasteiger partial charge is 0.149 e. The lowest BCUT2D eigenvalue weighted by Crippen LogP contribution is -2.17. The molecule has 0 aliphatic carbocycles. The number of phenolic OH excluding ortho intramolecular Hbond substituents is 1. The van der Waals surface area contributed by atoms with Gasteiger partial charge in [-0.25, -0.2) is 4.98 Å². The summed E-state index contributed by atoms with van der Waals surface area (Å²) in [6.07, 6.45) is 1.60.